The summed E-state index contributed by atoms with van der Waals surface area (Å²) in [6.07, 6.45) is -1.73. The number of carboxylic acids is 1. The van der Waals surface area contributed by atoms with Crippen LogP contribution >= 0.6 is 0 Å². The monoisotopic (exact) mass is 585 g/mol. The largest absolute Gasteiger partial charge is 0.480 e. The molecule has 2 aliphatic heterocycles. The number of anilines is 4. The van der Waals surface area contributed by atoms with Crippen molar-refractivity contribution in [3.05, 3.63) is 64.7 Å². The highest BCUT2D eigenvalue weighted by Gasteiger charge is 2.37. The fourth-order valence-corrected chi connectivity index (χ4v) is 5.33. The first-order chi connectivity index (χ1) is 19.9. The van der Waals surface area contributed by atoms with Gasteiger partial charge < -0.3 is 20.2 Å². The van der Waals surface area contributed by atoms with Crippen LogP contribution in [0.25, 0.3) is 0 Å². The molecule has 0 aliphatic carbocycles. The van der Waals surface area contributed by atoms with Crippen molar-refractivity contribution >= 4 is 29.0 Å². The van der Waals surface area contributed by atoms with Gasteiger partial charge in [0, 0.05) is 43.3 Å². The maximum atomic E-state index is 13.7. The van der Waals surface area contributed by atoms with Crippen LogP contribution in [0, 0.1) is 0 Å². The van der Waals surface area contributed by atoms with Gasteiger partial charge in [0.1, 0.15) is 17.5 Å². The van der Waals surface area contributed by atoms with Gasteiger partial charge in [0.05, 0.1) is 30.9 Å². The molecule has 12 heteroatoms. The fourth-order valence-electron chi connectivity index (χ4n) is 5.33. The Labute approximate surface area is 244 Å². The first kappa shape index (κ1) is 31.0. The van der Waals surface area contributed by atoms with Crippen molar-refractivity contribution in [2.75, 3.05) is 41.8 Å². The van der Waals surface area contributed by atoms with Gasteiger partial charge in [-0.05, 0) is 48.1 Å². The number of nitrogens with zero attached hydrogens (tertiary/aromatic N) is 5. The second-order valence-electron chi connectivity index (χ2n) is 10.9. The average molecular weight is 586 g/mol. The molecular weight excluding hydrogens is 547 g/mol. The molecule has 1 aromatic carbocycles. The Hall–Kier alpha value is -3.93. The van der Waals surface area contributed by atoms with Crippen LogP contribution in [0.5, 0.6) is 0 Å². The third kappa shape index (κ3) is 6.75. The van der Waals surface area contributed by atoms with Crippen LogP contribution < -0.4 is 20.4 Å². The number of pyridine rings is 1. The summed E-state index contributed by atoms with van der Waals surface area (Å²) < 4.78 is 41.1. The number of carbonyl (C=O) groups is 1. The summed E-state index contributed by atoms with van der Waals surface area (Å²) in [6, 6.07) is 8.52. The molecule has 0 atom stereocenters. The van der Waals surface area contributed by atoms with Gasteiger partial charge >= 0.3 is 12.1 Å². The Morgan fingerprint density at radius 1 is 1.14 bits per heavy atom. The number of nitrogens with one attached hydrogen (secondary N) is 2. The lowest BCUT2D eigenvalue weighted by Gasteiger charge is -2.38. The van der Waals surface area contributed by atoms with Crippen LogP contribution in [0.4, 0.5) is 36.2 Å². The van der Waals surface area contributed by atoms with E-state index < -0.39 is 17.7 Å². The van der Waals surface area contributed by atoms with E-state index in [9.17, 15) is 18.0 Å². The molecule has 9 nitrogen and oxygen atoms in total. The van der Waals surface area contributed by atoms with E-state index in [1.54, 1.807) is 4.90 Å². The van der Waals surface area contributed by atoms with Crippen LogP contribution in [0.3, 0.4) is 0 Å². The van der Waals surface area contributed by atoms with Crippen molar-refractivity contribution in [2.24, 2.45) is 0 Å². The molecule has 0 saturated heterocycles. The summed E-state index contributed by atoms with van der Waals surface area (Å²) in [6.45, 7) is 9.65. The van der Waals surface area contributed by atoms with E-state index in [2.05, 4.69) is 63.5 Å². The van der Waals surface area contributed by atoms with Gasteiger partial charge in [0.2, 0.25) is 0 Å². The molecular formula is C30H38F3N7O2. The lowest BCUT2D eigenvalue weighted by molar-refractivity contribution is -0.137. The maximum absolute atomic E-state index is 13.7. The summed E-state index contributed by atoms with van der Waals surface area (Å²) in [7, 11) is 2.07. The molecule has 0 fully saturated rings. The molecule has 2 aromatic heterocycles. The van der Waals surface area contributed by atoms with E-state index in [1.807, 2.05) is 19.9 Å². The minimum atomic E-state index is -4.54. The molecule has 42 heavy (non-hydrogen) atoms. The van der Waals surface area contributed by atoms with Gasteiger partial charge in [-0.1, -0.05) is 33.8 Å². The zero-order valence-electron chi connectivity index (χ0n) is 24.6. The second-order valence-corrected chi connectivity index (χ2v) is 10.9. The van der Waals surface area contributed by atoms with E-state index in [0.29, 0.717) is 30.3 Å². The smallest absolute Gasteiger partial charge is 0.419 e. The Kier molecular flexibility index (Phi) is 9.24. The number of aliphatic carboxylic acids is 1. The first-order valence-electron chi connectivity index (χ1n) is 14.1. The van der Waals surface area contributed by atoms with Crippen LogP contribution in [-0.4, -0.2) is 52.7 Å². The highest BCUT2D eigenvalue weighted by atomic mass is 19.4. The second kappa shape index (κ2) is 12.5. The summed E-state index contributed by atoms with van der Waals surface area (Å²) >= 11 is 0. The summed E-state index contributed by atoms with van der Waals surface area (Å²) in [4.78, 5) is 28.2. The quantitative estimate of drug-likeness (QED) is 0.331. The van der Waals surface area contributed by atoms with Crippen LogP contribution in [-0.2, 0) is 35.9 Å². The predicted octanol–water partition coefficient (Wildman–Crippen LogP) is 5.51. The highest BCUT2D eigenvalue weighted by Crippen LogP contribution is 2.41. The van der Waals surface area contributed by atoms with Crippen LogP contribution in [0.1, 0.15) is 62.3 Å². The van der Waals surface area contributed by atoms with Crippen molar-refractivity contribution in [1.29, 1.82) is 0 Å². The molecule has 0 radical (unpaired) electrons. The first-order valence-corrected chi connectivity index (χ1v) is 14.1. The summed E-state index contributed by atoms with van der Waals surface area (Å²) in [5.41, 5.74) is 3.88. The number of rotatable bonds is 7. The minimum absolute atomic E-state index is 0.0572. The van der Waals surface area contributed by atoms with Crippen molar-refractivity contribution in [1.82, 2.24) is 20.3 Å². The zero-order chi connectivity index (χ0) is 30.7. The van der Waals surface area contributed by atoms with E-state index in [-0.39, 0.29) is 30.9 Å². The zero-order valence-corrected chi connectivity index (χ0v) is 24.6. The standard InChI is InChI=1S/C28H32F3N7O2.C2H6/c1-27(2)9-12-37(3)22-13-17(6-7-19(22)27)34-25-18-8-11-38(26-20(28(29,30)31)5-4-10-33-26)16-21(18)35-23(36-25)14-32-15-24(39)40;1-2/h4-7,10,13,32H,8-9,11-12,14-16H2,1-3H3,(H,39,40)(H,34,35,36);1-2H3. The van der Waals surface area contributed by atoms with E-state index in [0.717, 1.165) is 36.0 Å². The predicted molar refractivity (Wildman–Crippen MR) is 157 cm³/mol. The summed E-state index contributed by atoms with van der Waals surface area (Å²) in [5, 5.41) is 15.2. The number of carboxylic acid groups (broad SMARTS) is 1. The Morgan fingerprint density at radius 3 is 2.62 bits per heavy atom. The highest BCUT2D eigenvalue weighted by molar-refractivity contribution is 5.70. The topological polar surface area (TPSA) is 107 Å². The average Bonchev–Trinajstić information content (AvgIpc) is 2.95. The lowest BCUT2D eigenvalue weighted by Crippen LogP contribution is -2.35. The molecule has 4 heterocycles. The molecule has 0 spiro atoms. The van der Waals surface area contributed by atoms with Crippen molar-refractivity contribution < 1.29 is 23.1 Å². The number of benzene rings is 1. The molecule has 3 N–H and O–H groups in total. The fraction of sp³-hybridized carbons (Fsp3) is 0.467. The third-order valence-electron chi connectivity index (χ3n) is 7.54. The molecule has 0 unspecified atom stereocenters. The number of alkyl halides is 3. The Bertz CT molecular complexity index is 1430. The summed E-state index contributed by atoms with van der Waals surface area (Å²) in [5.74, 6) is -0.248. The van der Waals surface area contributed by atoms with Gasteiger partial charge in [-0.15, -0.1) is 0 Å². The van der Waals surface area contributed by atoms with Gasteiger partial charge in [0.25, 0.3) is 0 Å². The van der Waals surface area contributed by atoms with Crippen LogP contribution in [0.15, 0.2) is 36.5 Å². The number of halogens is 3. The molecule has 0 bridgehead atoms. The van der Waals surface area contributed by atoms with E-state index in [4.69, 9.17) is 5.11 Å². The van der Waals surface area contributed by atoms with Crippen molar-refractivity contribution in [3.63, 3.8) is 0 Å². The molecule has 2 aliphatic rings. The van der Waals surface area contributed by atoms with Crippen molar-refractivity contribution in [3.8, 4) is 0 Å². The molecule has 3 aromatic rings. The molecule has 0 saturated carbocycles. The number of hydrogen-bond acceptors (Lipinski definition) is 8. The Balaban J connectivity index is 0.00000198. The Morgan fingerprint density at radius 2 is 1.90 bits per heavy atom. The van der Waals surface area contributed by atoms with Gasteiger partial charge in [0.15, 0.2) is 0 Å². The van der Waals surface area contributed by atoms with Gasteiger partial charge in [-0.25, -0.2) is 15.0 Å². The van der Waals surface area contributed by atoms with Gasteiger partial charge in [-0.3, -0.25) is 10.1 Å². The van der Waals surface area contributed by atoms with E-state index >= 15 is 0 Å². The normalized spacial score (nSPS) is 15.7. The van der Waals surface area contributed by atoms with E-state index in [1.165, 1.54) is 17.8 Å². The maximum Gasteiger partial charge on any atom is 0.419 e. The molecule has 5 rings (SSSR count). The molecule has 226 valence electrons. The number of hydrogen-bond donors (Lipinski definition) is 3. The van der Waals surface area contributed by atoms with Gasteiger partial charge in [-0.2, -0.15) is 13.2 Å². The number of aromatic nitrogens is 3. The SMILES string of the molecule is CC.CN1CCC(C)(C)c2ccc(Nc3nc(CNCC(=O)O)nc4c3CCN(c3ncccc3C(F)(F)F)C4)cc21. The minimum Gasteiger partial charge on any atom is -0.480 e. The molecule has 0 amide bonds. The van der Waals surface area contributed by atoms with Crippen LogP contribution in [0.2, 0.25) is 0 Å². The lowest BCUT2D eigenvalue weighted by atomic mass is 9.78. The van der Waals surface area contributed by atoms with Crippen molar-refractivity contribution in [2.45, 2.75) is 65.2 Å². The third-order valence-corrected chi connectivity index (χ3v) is 7.54. The number of fused-ring (bicyclic) bond motifs is 2.